The van der Waals surface area contributed by atoms with Crippen molar-refractivity contribution in [3.05, 3.63) is 40.2 Å². The van der Waals surface area contributed by atoms with Crippen LogP contribution < -0.4 is 0 Å². The highest BCUT2D eigenvalue weighted by Gasteiger charge is 2.12. The summed E-state index contributed by atoms with van der Waals surface area (Å²) in [5, 5.41) is 11.9. The average Bonchev–Trinajstić information content (AvgIpc) is 3.10. The maximum atomic E-state index is 5.26. The maximum absolute atomic E-state index is 5.26. The Morgan fingerprint density at radius 3 is 2.85 bits per heavy atom. The minimum Gasteiger partial charge on any atom is -0.361 e. The van der Waals surface area contributed by atoms with E-state index >= 15 is 0 Å². The molecule has 104 valence electrons. The summed E-state index contributed by atoms with van der Waals surface area (Å²) in [4.78, 5) is 6.43. The fourth-order valence-corrected chi connectivity index (χ4v) is 2.52. The van der Waals surface area contributed by atoms with Gasteiger partial charge in [0.05, 0.1) is 12.2 Å². The largest absolute Gasteiger partial charge is 0.361 e. The molecule has 0 aromatic carbocycles. The van der Waals surface area contributed by atoms with Gasteiger partial charge < -0.3 is 9.05 Å². The molecule has 0 aliphatic heterocycles. The highest BCUT2D eigenvalue weighted by Crippen LogP contribution is 2.19. The van der Waals surface area contributed by atoms with E-state index in [9.17, 15) is 0 Å². The van der Waals surface area contributed by atoms with Gasteiger partial charge in [-0.3, -0.25) is 4.90 Å². The molecule has 0 N–H and O–H groups in total. The van der Waals surface area contributed by atoms with E-state index in [0.29, 0.717) is 24.8 Å². The summed E-state index contributed by atoms with van der Waals surface area (Å²) >= 11 is 1.61. The van der Waals surface area contributed by atoms with E-state index in [4.69, 9.17) is 9.05 Å². The van der Waals surface area contributed by atoms with Gasteiger partial charge in [-0.2, -0.15) is 16.3 Å². The Hall–Kier alpha value is -1.99. The summed E-state index contributed by atoms with van der Waals surface area (Å²) in [6.45, 7) is 3.12. The summed E-state index contributed by atoms with van der Waals surface area (Å²) in [6, 6.07) is 3.89. The molecule has 0 aliphatic carbocycles. The molecule has 0 bridgehead atoms. The van der Waals surface area contributed by atoms with Crippen LogP contribution in [0.3, 0.4) is 0 Å². The Morgan fingerprint density at radius 2 is 2.15 bits per heavy atom. The van der Waals surface area contributed by atoms with E-state index in [0.717, 1.165) is 17.0 Å². The Kier molecular flexibility index (Phi) is 3.62. The molecule has 0 radical (unpaired) electrons. The molecule has 0 saturated carbocycles. The van der Waals surface area contributed by atoms with Crippen molar-refractivity contribution < 1.29 is 9.05 Å². The lowest BCUT2D eigenvalue weighted by Crippen LogP contribution is -2.17. The summed E-state index contributed by atoms with van der Waals surface area (Å²) < 4.78 is 10.3. The van der Waals surface area contributed by atoms with Crippen molar-refractivity contribution >= 4 is 11.3 Å². The zero-order chi connectivity index (χ0) is 13.9. The summed E-state index contributed by atoms with van der Waals surface area (Å²) in [5.74, 6) is 2.03. The first kappa shape index (κ1) is 13.0. The van der Waals surface area contributed by atoms with Crippen molar-refractivity contribution in [2.24, 2.45) is 0 Å². The summed E-state index contributed by atoms with van der Waals surface area (Å²) in [7, 11) is 1.97. The lowest BCUT2D eigenvalue weighted by Gasteiger charge is -2.11. The molecule has 7 heteroatoms. The molecule has 0 unspecified atom stereocenters. The van der Waals surface area contributed by atoms with Gasteiger partial charge in [0.15, 0.2) is 0 Å². The molecular weight excluding hydrogens is 276 g/mol. The SMILES string of the molecule is Cc1cc(CN(C)Cc2nc(-c3ccsc3)no2)no1. The normalized spacial score (nSPS) is 11.3. The summed E-state index contributed by atoms with van der Waals surface area (Å²) in [5.41, 5.74) is 1.88. The van der Waals surface area contributed by atoms with Crippen molar-refractivity contribution in [1.82, 2.24) is 20.2 Å². The first-order valence-electron chi connectivity index (χ1n) is 6.16. The standard InChI is InChI=1S/C13H14N4O2S/c1-9-5-11(15-18-9)6-17(2)7-12-14-13(16-19-12)10-3-4-20-8-10/h3-5,8H,6-7H2,1-2H3. The van der Waals surface area contributed by atoms with Crippen LogP contribution in [0.5, 0.6) is 0 Å². The minimum atomic E-state index is 0.572. The van der Waals surface area contributed by atoms with Gasteiger partial charge in [-0.25, -0.2) is 0 Å². The predicted octanol–water partition coefficient (Wildman–Crippen LogP) is 2.73. The Labute approximate surface area is 120 Å². The first-order valence-corrected chi connectivity index (χ1v) is 7.11. The van der Waals surface area contributed by atoms with Gasteiger partial charge in [-0.15, -0.1) is 0 Å². The fraction of sp³-hybridized carbons (Fsp3) is 0.308. The van der Waals surface area contributed by atoms with Crippen LogP contribution in [0.15, 0.2) is 31.9 Å². The van der Waals surface area contributed by atoms with Crippen LogP contribution in [0, 0.1) is 6.92 Å². The molecule has 0 saturated heterocycles. The molecule has 0 atom stereocenters. The Balaban J connectivity index is 1.63. The van der Waals surface area contributed by atoms with Crippen LogP contribution in [0.4, 0.5) is 0 Å². The molecule has 6 nitrogen and oxygen atoms in total. The van der Waals surface area contributed by atoms with E-state index in [2.05, 4.69) is 15.3 Å². The van der Waals surface area contributed by atoms with Gasteiger partial charge in [0.25, 0.3) is 0 Å². The van der Waals surface area contributed by atoms with Crippen molar-refractivity contribution in [3.63, 3.8) is 0 Å². The van der Waals surface area contributed by atoms with Crippen molar-refractivity contribution in [2.45, 2.75) is 20.0 Å². The van der Waals surface area contributed by atoms with Crippen LogP contribution >= 0.6 is 11.3 Å². The van der Waals surface area contributed by atoms with Crippen LogP contribution in [-0.2, 0) is 13.1 Å². The van der Waals surface area contributed by atoms with Gasteiger partial charge >= 0.3 is 0 Å². The van der Waals surface area contributed by atoms with E-state index in [1.165, 1.54) is 0 Å². The third-order valence-corrected chi connectivity index (χ3v) is 3.44. The molecule has 0 amide bonds. The van der Waals surface area contributed by atoms with Gasteiger partial charge in [0, 0.05) is 23.6 Å². The molecule has 20 heavy (non-hydrogen) atoms. The molecule has 0 fully saturated rings. The number of hydrogen-bond acceptors (Lipinski definition) is 7. The van der Waals surface area contributed by atoms with Crippen LogP contribution in [-0.4, -0.2) is 27.2 Å². The highest BCUT2D eigenvalue weighted by atomic mass is 32.1. The zero-order valence-electron chi connectivity index (χ0n) is 11.2. The third-order valence-electron chi connectivity index (χ3n) is 2.76. The number of aryl methyl sites for hydroxylation is 1. The Morgan fingerprint density at radius 1 is 1.25 bits per heavy atom. The van der Waals surface area contributed by atoms with Gasteiger partial charge in [0.1, 0.15) is 5.76 Å². The molecule has 0 spiro atoms. The monoisotopic (exact) mass is 290 g/mol. The van der Waals surface area contributed by atoms with Crippen molar-refractivity contribution in [3.8, 4) is 11.4 Å². The molecule has 3 rings (SSSR count). The average molecular weight is 290 g/mol. The van der Waals surface area contributed by atoms with E-state index < -0.39 is 0 Å². The smallest absolute Gasteiger partial charge is 0.241 e. The quantitative estimate of drug-likeness (QED) is 0.719. The first-order chi connectivity index (χ1) is 9.70. The second kappa shape index (κ2) is 5.56. The maximum Gasteiger partial charge on any atom is 0.241 e. The van der Waals surface area contributed by atoms with Crippen molar-refractivity contribution in [1.29, 1.82) is 0 Å². The fourth-order valence-electron chi connectivity index (χ4n) is 1.88. The number of hydrogen-bond donors (Lipinski definition) is 0. The van der Waals surface area contributed by atoms with E-state index in [1.54, 1.807) is 11.3 Å². The van der Waals surface area contributed by atoms with Gasteiger partial charge in [-0.05, 0) is 25.4 Å². The van der Waals surface area contributed by atoms with Crippen LogP contribution in [0.1, 0.15) is 17.3 Å². The van der Waals surface area contributed by atoms with E-state index in [-0.39, 0.29) is 0 Å². The second-order valence-electron chi connectivity index (χ2n) is 4.62. The zero-order valence-corrected chi connectivity index (χ0v) is 12.1. The lowest BCUT2D eigenvalue weighted by molar-refractivity contribution is 0.254. The number of aromatic nitrogens is 3. The van der Waals surface area contributed by atoms with Crippen LogP contribution in [0.2, 0.25) is 0 Å². The van der Waals surface area contributed by atoms with Crippen molar-refractivity contribution in [2.75, 3.05) is 7.05 Å². The minimum absolute atomic E-state index is 0.572. The number of rotatable bonds is 5. The second-order valence-corrected chi connectivity index (χ2v) is 5.40. The molecular formula is C13H14N4O2S. The van der Waals surface area contributed by atoms with Crippen LogP contribution in [0.25, 0.3) is 11.4 Å². The predicted molar refractivity (Wildman–Crippen MR) is 74.0 cm³/mol. The number of thiophene rings is 1. The van der Waals surface area contributed by atoms with Gasteiger partial charge in [-0.1, -0.05) is 10.3 Å². The van der Waals surface area contributed by atoms with Gasteiger partial charge in [0.2, 0.25) is 11.7 Å². The highest BCUT2D eigenvalue weighted by molar-refractivity contribution is 7.08. The molecule has 3 aromatic heterocycles. The summed E-state index contributed by atoms with van der Waals surface area (Å²) in [6.07, 6.45) is 0. The van der Waals surface area contributed by atoms with E-state index in [1.807, 2.05) is 41.8 Å². The lowest BCUT2D eigenvalue weighted by atomic mass is 10.3. The molecule has 3 heterocycles. The molecule has 0 aliphatic rings. The number of nitrogens with zero attached hydrogens (tertiary/aromatic N) is 4. The molecule has 3 aromatic rings. The topological polar surface area (TPSA) is 68.2 Å². The Bertz CT molecular complexity index is 674. The third kappa shape index (κ3) is 2.94.